The van der Waals surface area contributed by atoms with E-state index in [4.69, 9.17) is 9.72 Å². The highest BCUT2D eigenvalue weighted by Gasteiger charge is 2.34. The van der Waals surface area contributed by atoms with Crippen molar-refractivity contribution in [1.29, 1.82) is 0 Å². The molecule has 24 heavy (non-hydrogen) atoms. The first-order valence-electron chi connectivity index (χ1n) is 8.42. The van der Waals surface area contributed by atoms with E-state index in [1.807, 2.05) is 18.2 Å². The number of hydrogen-bond acceptors (Lipinski definition) is 6. The van der Waals surface area contributed by atoms with Gasteiger partial charge in [-0.25, -0.2) is 4.98 Å². The van der Waals surface area contributed by atoms with Gasteiger partial charge >= 0.3 is 5.97 Å². The maximum absolute atomic E-state index is 11.7. The summed E-state index contributed by atoms with van der Waals surface area (Å²) < 4.78 is 5.08. The normalized spacial score (nSPS) is 22.7. The number of cyclic esters (lactones) is 1. The second kappa shape index (κ2) is 7.01. The maximum atomic E-state index is 11.7. The number of rotatable bonds is 4. The second-order valence-electron chi connectivity index (χ2n) is 6.29. The number of hydrogen-bond donors (Lipinski definition) is 0. The van der Waals surface area contributed by atoms with Gasteiger partial charge in [0.05, 0.1) is 12.3 Å². The lowest BCUT2D eigenvalue weighted by molar-refractivity contribution is -0.142. The van der Waals surface area contributed by atoms with Gasteiger partial charge in [-0.3, -0.25) is 14.6 Å². The lowest BCUT2D eigenvalue weighted by Crippen LogP contribution is -2.51. The summed E-state index contributed by atoms with van der Waals surface area (Å²) >= 11 is 1.70. The van der Waals surface area contributed by atoms with Crippen LogP contribution in [0.25, 0.3) is 10.6 Å². The summed E-state index contributed by atoms with van der Waals surface area (Å²) in [5, 5.41) is 3.24. The van der Waals surface area contributed by atoms with E-state index >= 15 is 0 Å². The number of carbonyl (C=O) groups is 1. The molecule has 5 nitrogen and oxygen atoms in total. The Morgan fingerprint density at radius 2 is 1.96 bits per heavy atom. The Morgan fingerprint density at radius 3 is 2.67 bits per heavy atom. The topological polar surface area (TPSA) is 45.7 Å². The highest BCUT2D eigenvalue weighted by Crippen LogP contribution is 2.24. The first-order valence-corrected chi connectivity index (χ1v) is 9.30. The second-order valence-corrected chi connectivity index (χ2v) is 7.15. The maximum Gasteiger partial charge on any atom is 0.323 e. The van der Waals surface area contributed by atoms with Crippen LogP contribution < -0.4 is 0 Å². The number of esters is 1. The van der Waals surface area contributed by atoms with Crippen molar-refractivity contribution >= 4 is 17.3 Å². The molecule has 2 aliphatic rings. The van der Waals surface area contributed by atoms with Gasteiger partial charge < -0.3 is 4.74 Å². The molecule has 0 aliphatic carbocycles. The van der Waals surface area contributed by atoms with Gasteiger partial charge in [0.1, 0.15) is 11.0 Å². The lowest BCUT2D eigenvalue weighted by atomic mass is 10.2. The van der Waals surface area contributed by atoms with Crippen molar-refractivity contribution in [2.24, 2.45) is 0 Å². The van der Waals surface area contributed by atoms with Crippen molar-refractivity contribution in [2.45, 2.75) is 19.0 Å². The Bertz CT molecular complexity index is 695. The Hall–Kier alpha value is -1.76. The molecule has 3 heterocycles. The molecule has 6 heteroatoms. The zero-order valence-corrected chi connectivity index (χ0v) is 14.4. The van der Waals surface area contributed by atoms with Gasteiger partial charge in [0.25, 0.3) is 0 Å². The van der Waals surface area contributed by atoms with E-state index in [2.05, 4.69) is 27.3 Å². The average molecular weight is 343 g/mol. The molecule has 1 atom stereocenters. The van der Waals surface area contributed by atoms with Gasteiger partial charge in [-0.15, -0.1) is 11.3 Å². The van der Waals surface area contributed by atoms with Gasteiger partial charge in [-0.05, 0) is 0 Å². The minimum atomic E-state index is -0.0459. The SMILES string of the molecule is O=C1OCCC1N1CCN(Cc2csc(-c3ccccc3)n2)CC1. The van der Waals surface area contributed by atoms with E-state index in [1.165, 1.54) is 5.56 Å². The van der Waals surface area contributed by atoms with Crippen molar-refractivity contribution in [3.05, 3.63) is 41.4 Å². The zero-order chi connectivity index (χ0) is 16.4. The quantitative estimate of drug-likeness (QED) is 0.797. The largest absolute Gasteiger partial charge is 0.464 e. The predicted octanol–water partition coefficient (Wildman–Crippen LogP) is 2.24. The van der Waals surface area contributed by atoms with Crippen LogP contribution in [0.5, 0.6) is 0 Å². The Morgan fingerprint density at radius 1 is 1.17 bits per heavy atom. The Kier molecular flexibility index (Phi) is 4.60. The highest BCUT2D eigenvalue weighted by atomic mass is 32.1. The summed E-state index contributed by atoms with van der Waals surface area (Å²) in [6.45, 7) is 5.26. The zero-order valence-electron chi connectivity index (χ0n) is 13.6. The van der Waals surface area contributed by atoms with Crippen LogP contribution in [0.3, 0.4) is 0 Å². The number of carbonyl (C=O) groups excluding carboxylic acids is 1. The highest BCUT2D eigenvalue weighted by molar-refractivity contribution is 7.13. The first-order chi connectivity index (χ1) is 11.8. The monoisotopic (exact) mass is 343 g/mol. The van der Waals surface area contributed by atoms with E-state index in [-0.39, 0.29) is 12.0 Å². The van der Waals surface area contributed by atoms with Crippen LogP contribution in [0.2, 0.25) is 0 Å². The number of thiazole rings is 1. The van der Waals surface area contributed by atoms with E-state index < -0.39 is 0 Å². The molecule has 1 aromatic carbocycles. The molecule has 2 saturated heterocycles. The standard InChI is InChI=1S/C18H21N3O2S/c22-18-16(6-11-23-18)21-9-7-20(8-10-21)12-15-13-24-17(19-15)14-4-2-1-3-5-14/h1-5,13,16H,6-12H2. The molecule has 1 aromatic heterocycles. The molecule has 2 aliphatic heterocycles. The molecule has 0 bridgehead atoms. The van der Waals surface area contributed by atoms with E-state index in [0.717, 1.165) is 49.8 Å². The minimum absolute atomic E-state index is 0.0175. The summed E-state index contributed by atoms with van der Waals surface area (Å²) in [6, 6.07) is 10.3. The van der Waals surface area contributed by atoms with Crippen LogP contribution in [0.1, 0.15) is 12.1 Å². The molecule has 0 saturated carbocycles. The summed E-state index contributed by atoms with van der Waals surface area (Å²) in [4.78, 5) is 21.2. The molecule has 0 radical (unpaired) electrons. The molecule has 126 valence electrons. The number of ether oxygens (including phenoxy) is 1. The summed E-state index contributed by atoms with van der Waals surface area (Å²) in [5.74, 6) is -0.0459. The van der Waals surface area contributed by atoms with Gasteiger partial charge in [0.15, 0.2) is 0 Å². The summed E-state index contributed by atoms with van der Waals surface area (Å²) in [6.07, 6.45) is 0.839. The van der Waals surface area contributed by atoms with Crippen LogP contribution in [0, 0.1) is 0 Å². The van der Waals surface area contributed by atoms with Gasteiger partial charge in [0, 0.05) is 50.1 Å². The third-order valence-electron chi connectivity index (χ3n) is 4.71. The lowest BCUT2D eigenvalue weighted by Gasteiger charge is -2.36. The molecule has 1 unspecified atom stereocenters. The van der Waals surface area contributed by atoms with Crippen molar-refractivity contribution in [1.82, 2.24) is 14.8 Å². The van der Waals surface area contributed by atoms with Crippen molar-refractivity contribution in [3.8, 4) is 10.6 Å². The van der Waals surface area contributed by atoms with Crippen LogP contribution in [-0.2, 0) is 16.1 Å². The number of aromatic nitrogens is 1. The predicted molar refractivity (Wildman–Crippen MR) is 93.8 cm³/mol. The number of nitrogens with zero attached hydrogens (tertiary/aromatic N) is 3. The molecule has 0 amide bonds. The Balaban J connectivity index is 1.33. The Labute approximate surface area is 145 Å². The third-order valence-corrected chi connectivity index (χ3v) is 5.65. The fourth-order valence-electron chi connectivity index (χ4n) is 3.37. The average Bonchev–Trinajstić information content (AvgIpc) is 3.26. The minimum Gasteiger partial charge on any atom is -0.464 e. The van der Waals surface area contributed by atoms with Crippen LogP contribution >= 0.6 is 11.3 Å². The third kappa shape index (κ3) is 3.36. The fourth-order valence-corrected chi connectivity index (χ4v) is 4.19. The summed E-state index contributed by atoms with van der Waals surface area (Å²) in [7, 11) is 0. The van der Waals surface area contributed by atoms with Crippen molar-refractivity contribution < 1.29 is 9.53 Å². The first kappa shape index (κ1) is 15.7. The van der Waals surface area contributed by atoms with Crippen LogP contribution in [-0.4, -0.2) is 59.6 Å². The van der Waals surface area contributed by atoms with Gasteiger partial charge in [-0.1, -0.05) is 30.3 Å². The van der Waals surface area contributed by atoms with E-state index in [0.29, 0.717) is 6.61 Å². The van der Waals surface area contributed by atoms with Crippen LogP contribution in [0.4, 0.5) is 0 Å². The number of benzene rings is 1. The van der Waals surface area contributed by atoms with E-state index in [9.17, 15) is 4.79 Å². The van der Waals surface area contributed by atoms with Crippen LogP contribution in [0.15, 0.2) is 35.7 Å². The molecule has 2 fully saturated rings. The van der Waals surface area contributed by atoms with E-state index in [1.54, 1.807) is 11.3 Å². The molecule has 0 spiro atoms. The smallest absolute Gasteiger partial charge is 0.323 e. The van der Waals surface area contributed by atoms with Crippen molar-refractivity contribution in [3.63, 3.8) is 0 Å². The van der Waals surface area contributed by atoms with Crippen molar-refractivity contribution in [2.75, 3.05) is 32.8 Å². The molecular formula is C18H21N3O2S. The molecule has 2 aromatic rings. The summed E-state index contributed by atoms with van der Waals surface area (Å²) in [5.41, 5.74) is 2.31. The fraction of sp³-hybridized carbons (Fsp3) is 0.444. The molecule has 4 rings (SSSR count). The van der Waals surface area contributed by atoms with Gasteiger partial charge in [0.2, 0.25) is 0 Å². The van der Waals surface area contributed by atoms with Gasteiger partial charge in [-0.2, -0.15) is 0 Å². The molecule has 0 N–H and O–H groups in total. The number of piperazine rings is 1. The molecular weight excluding hydrogens is 322 g/mol.